The van der Waals surface area contributed by atoms with Crippen LogP contribution in [0.2, 0.25) is 0 Å². The van der Waals surface area contributed by atoms with Gasteiger partial charge in [0.25, 0.3) is 0 Å². The van der Waals surface area contributed by atoms with Crippen molar-refractivity contribution in [1.82, 2.24) is 14.7 Å². The highest BCUT2D eigenvalue weighted by atomic mass is 15.2. The van der Waals surface area contributed by atoms with E-state index >= 15 is 0 Å². The highest BCUT2D eigenvalue weighted by molar-refractivity contribution is 4.95. The first kappa shape index (κ1) is 19.6. The zero-order valence-corrected chi connectivity index (χ0v) is 17.9. The highest BCUT2D eigenvalue weighted by Gasteiger charge is 2.41. The average Bonchev–Trinajstić information content (AvgIpc) is 2.95. The van der Waals surface area contributed by atoms with Gasteiger partial charge in [0.15, 0.2) is 0 Å². The first-order valence-electron chi connectivity index (χ1n) is 10.8. The Balaban J connectivity index is 1.51. The molecule has 3 saturated heterocycles. The van der Waals surface area contributed by atoms with Gasteiger partial charge in [-0.2, -0.15) is 0 Å². The first-order valence-corrected chi connectivity index (χ1v) is 10.8. The van der Waals surface area contributed by atoms with Gasteiger partial charge in [0.1, 0.15) is 0 Å². The number of likely N-dealkylation sites (tertiary alicyclic amines) is 3. The van der Waals surface area contributed by atoms with Crippen molar-refractivity contribution in [2.24, 2.45) is 11.3 Å². The molecule has 3 rings (SSSR count). The van der Waals surface area contributed by atoms with Crippen LogP contribution in [0.15, 0.2) is 0 Å². The fourth-order valence-electron chi connectivity index (χ4n) is 5.48. The SMILES string of the molecule is CC(C)(C)N1CCC2(CCCN(CC3CCN(C(C)(C)C)C3)C2)CC1. The fourth-order valence-corrected chi connectivity index (χ4v) is 5.48. The lowest BCUT2D eigenvalue weighted by Crippen LogP contribution is -2.54. The lowest BCUT2D eigenvalue weighted by atomic mass is 9.71. The topological polar surface area (TPSA) is 9.72 Å². The molecule has 0 bridgehead atoms. The van der Waals surface area contributed by atoms with Crippen molar-refractivity contribution in [2.75, 3.05) is 45.8 Å². The van der Waals surface area contributed by atoms with Gasteiger partial charge in [-0.1, -0.05) is 0 Å². The molecule has 0 aliphatic carbocycles. The van der Waals surface area contributed by atoms with E-state index in [-0.39, 0.29) is 0 Å². The van der Waals surface area contributed by atoms with Crippen LogP contribution < -0.4 is 0 Å². The summed E-state index contributed by atoms with van der Waals surface area (Å²) in [4.78, 5) is 8.24. The summed E-state index contributed by atoms with van der Waals surface area (Å²) in [6.45, 7) is 23.5. The minimum atomic E-state index is 0.343. The predicted octanol–water partition coefficient (Wildman–Crippen LogP) is 4.08. The van der Waals surface area contributed by atoms with Crippen LogP contribution in [-0.2, 0) is 0 Å². The van der Waals surface area contributed by atoms with E-state index in [0.29, 0.717) is 16.5 Å². The van der Waals surface area contributed by atoms with E-state index in [4.69, 9.17) is 0 Å². The molecule has 3 nitrogen and oxygen atoms in total. The van der Waals surface area contributed by atoms with Crippen LogP contribution in [0.25, 0.3) is 0 Å². The Morgan fingerprint density at radius 1 is 0.800 bits per heavy atom. The molecule has 0 aromatic heterocycles. The maximum Gasteiger partial charge on any atom is 0.0125 e. The van der Waals surface area contributed by atoms with E-state index < -0.39 is 0 Å². The van der Waals surface area contributed by atoms with Gasteiger partial charge in [-0.25, -0.2) is 0 Å². The molecule has 0 amide bonds. The molecule has 1 atom stereocenters. The maximum absolute atomic E-state index is 2.84. The van der Waals surface area contributed by atoms with E-state index in [1.54, 1.807) is 0 Å². The van der Waals surface area contributed by atoms with Crippen LogP contribution in [0.5, 0.6) is 0 Å². The number of hydrogen-bond acceptors (Lipinski definition) is 3. The molecule has 1 spiro atoms. The van der Waals surface area contributed by atoms with Gasteiger partial charge in [0, 0.05) is 30.7 Å². The number of nitrogens with zero attached hydrogens (tertiary/aromatic N) is 3. The summed E-state index contributed by atoms with van der Waals surface area (Å²) in [5.74, 6) is 0.893. The second-order valence-corrected chi connectivity index (χ2v) is 11.3. The molecule has 0 N–H and O–H groups in total. The molecule has 25 heavy (non-hydrogen) atoms. The van der Waals surface area contributed by atoms with E-state index in [2.05, 4.69) is 56.2 Å². The van der Waals surface area contributed by atoms with Crippen molar-refractivity contribution in [3.05, 3.63) is 0 Å². The number of piperidine rings is 2. The highest BCUT2D eigenvalue weighted by Crippen LogP contribution is 2.41. The Morgan fingerprint density at radius 2 is 1.44 bits per heavy atom. The zero-order valence-electron chi connectivity index (χ0n) is 17.9. The third kappa shape index (κ3) is 4.78. The normalized spacial score (nSPS) is 30.2. The number of rotatable bonds is 2. The van der Waals surface area contributed by atoms with Gasteiger partial charge < -0.3 is 4.90 Å². The van der Waals surface area contributed by atoms with Gasteiger partial charge in [0.2, 0.25) is 0 Å². The van der Waals surface area contributed by atoms with Crippen molar-refractivity contribution >= 4 is 0 Å². The molecule has 3 aliphatic rings. The van der Waals surface area contributed by atoms with Crippen LogP contribution >= 0.6 is 0 Å². The minimum Gasteiger partial charge on any atom is -0.302 e. The molecule has 0 saturated carbocycles. The molecular formula is C22H43N3. The molecule has 146 valence electrons. The quantitative estimate of drug-likeness (QED) is 0.743. The maximum atomic E-state index is 2.84. The van der Waals surface area contributed by atoms with Crippen molar-refractivity contribution < 1.29 is 0 Å². The molecule has 0 radical (unpaired) electrons. The minimum absolute atomic E-state index is 0.343. The van der Waals surface area contributed by atoms with Gasteiger partial charge in [-0.3, -0.25) is 9.80 Å². The summed E-state index contributed by atoms with van der Waals surface area (Å²) in [6, 6.07) is 0. The average molecular weight is 350 g/mol. The van der Waals surface area contributed by atoms with Crippen LogP contribution in [0.1, 0.15) is 73.6 Å². The van der Waals surface area contributed by atoms with Crippen LogP contribution in [0.4, 0.5) is 0 Å². The Hall–Kier alpha value is -0.120. The molecule has 3 aliphatic heterocycles. The Bertz CT molecular complexity index is 437. The van der Waals surface area contributed by atoms with Crippen molar-refractivity contribution in [1.29, 1.82) is 0 Å². The molecule has 1 unspecified atom stereocenters. The second kappa shape index (κ2) is 7.13. The Labute approximate surface area is 157 Å². The van der Waals surface area contributed by atoms with Crippen LogP contribution in [-0.4, -0.2) is 71.6 Å². The molecule has 0 aromatic rings. The summed E-state index contributed by atoms with van der Waals surface area (Å²) >= 11 is 0. The zero-order chi connectivity index (χ0) is 18.3. The van der Waals surface area contributed by atoms with E-state index in [0.717, 1.165) is 5.92 Å². The summed E-state index contributed by atoms with van der Waals surface area (Å²) in [7, 11) is 0. The second-order valence-electron chi connectivity index (χ2n) is 11.3. The van der Waals surface area contributed by atoms with Gasteiger partial charge in [-0.15, -0.1) is 0 Å². The van der Waals surface area contributed by atoms with Gasteiger partial charge in [-0.05, 0) is 111 Å². The summed E-state index contributed by atoms with van der Waals surface area (Å²) < 4.78 is 0. The van der Waals surface area contributed by atoms with E-state index in [9.17, 15) is 0 Å². The molecule has 3 heteroatoms. The summed E-state index contributed by atoms with van der Waals surface area (Å²) in [5.41, 5.74) is 1.32. The third-order valence-corrected chi connectivity index (χ3v) is 7.26. The smallest absolute Gasteiger partial charge is 0.0125 e. The molecule has 0 aromatic carbocycles. The third-order valence-electron chi connectivity index (χ3n) is 7.26. The summed E-state index contributed by atoms with van der Waals surface area (Å²) in [5, 5.41) is 0. The molecule has 3 fully saturated rings. The lowest BCUT2D eigenvalue weighted by molar-refractivity contribution is -0.00786. The Morgan fingerprint density at radius 3 is 2.00 bits per heavy atom. The van der Waals surface area contributed by atoms with E-state index in [1.165, 1.54) is 77.9 Å². The van der Waals surface area contributed by atoms with Crippen LogP contribution in [0, 0.1) is 11.3 Å². The van der Waals surface area contributed by atoms with Gasteiger partial charge >= 0.3 is 0 Å². The first-order chi connectivity index (χ1) is 11.6. The van der Waals surface area contributed by atoms with E-state index in [1.807, 2.05) is 0 Å². The summed E-state index contributed by atoms with van der Waals surface area (Å²) in [6.07, 6.45) is 7.13. The largest absolute Gasteiger partial charge is 0.302 e. The van der Waals surface area contributed by atoms with Crippen molar-refractivity contribution in [3.8, 4) is 0 Å². The van der Waals surface area contributed by atoms with Gasteiger partial charge in [0.05, 0.1) is 0 Å². The predicted molar refractivity (Wildman–Crippen MR) is 108 cm³/mol. The number of hydrogen-bond donors (Lipinski definition) is 0. The van der Waals surface area contributed by atoms with Crippen LogP contribution in [0.3, 0.4) is 0 Å². The van der Waals surface area contributed by atoms with Crippen molar-refractivity contribution in [3.63, 3.8) is 0 Å². The van der Waals surface area contributed by atoms with Crippen molar-refractivity contribution in [2.45, 2.75) is 84.7 Å². The Kier molecular flexibility index (Phi) is 5.60. The molecular weight excluding hydrogens is 306 g/mol. The lowest BCUT2D eigenvalue weighted by Gasteiger charge is -2.50. The fraction of sp³-hybridized carbons (Fsp3) is 1.00. The molecule has 3 heterocycles. The monoisotopic (exact) mass is 349 g/mol. The standard InChI is InChI=1S/C22H43N3/c1-20(2,3)24-14-10-22(11-15-24)9-7-12-23(18-22)16-19-8-13-25(17-19)21(4,5)6/h19H,7-18H2,1-6H3.